The molecule has 0 amide bonds. The Labute approximate surface area is 166 Å². The maximum atomic E-state index is 11.6. The molecule has 1 N–H and O–H groups in total. The van der Waals surface area contributed by atoms with Crippen LogP contribution in [0, 0.1) is 13.8 Å². The number of hydrogen-bond donors (Lipinski definition) is 1. The smallest absolute Gasteiger partial charge is 0.140 e. The second kappa shape index (κ2) is 6.13. The minimum atomic E-state index is -0.880. The van der Waals surface area contributed by atoms with Crippen molar-refractivity contribution in [3.63, 3.8) is 0 Å². The van der Waals surface area contributed by atoms with Crippen LogP contribution >= 0.6 is 0 Å². The second-order valence-electron chi connectivity index (χ2n) is 8.84. The monoisotopic (exact) mass is 376 g/mol. The van der Waals surface area contributed by atoms with Crippen molar-refractivity contribution in [1.82, 2.24) is 19.4 Å². The van der Waals surface area contributed by atoms with Gasteiger partial charge in [-0.15, -0.1) is 0 Å². The lowest BCUT2D eigenvalue weighted by atomic mass is 9.95. The molecule has 3 aromatic heterocycles. The number of rotatable bonds is 2. The molecule has 0 aromatic carbocycles. The van der Waals surface area contributed by atoms with Crippen molar-refractivity contribution in [2.75, 3.05) is 7.05 Å². The van der Waals surface area contributed by atoms with E-state index in [1.165, 1.54) is 22.2 Å². The van der Waals surface area contributed by atoms with Gasteiger partial charge in [0.15, 0.2) is 0 Å². The third kappa shape index (κ3) is 2.60. The number of nitrogens with zero attached hydrogens (tertiary/aromatic N) is 4. The maximum absolute atomic E-state index is 11.6. The Morgan fingerprint density at radius 2 is 2.11 bits per heavy atom. The Morgan fingerprint density at radius 1 is 1.29 bits per heavy atom. The van der Waals surface area contributed by atoms with Crippen LogP contribution in [0.15, 0.2) is 24.4 Å². The van der Waals surface area contributed by atoms with E-state index in [9.17, 15) is 5.11 Å². The summed E-state index contributed by atoms with van der Waals surface area (Å²) in [7, 11) is 2.19. The number of aliphatic hydroxyl groups is 1. The molecule has 146 valence electrons. The third-order valence-electron chi connectivity index (χ3n) is 6.72. The summed E-state index contributed by atoms with van der Waals surface area (Å²) in [5, 5.41) is 12.9. The number of pyridine rings is 2. The Bertz CT molecular complexity index is 1090. The first-order valence-corrected chi connectivity index (χ1v) is 10.2. The summed E-state index contributed by atoms with van der Waals surface area (Å²) in [6, 6.07) is 6.80. The largest absolute Gasteiger partial charge is 0.383 e. The molecule has 0 saturated heterocycles. The van der Waals surface area contributed by atoms with Crippen molar-refractivity contribution in [2.24, 2.45) is 0 Å². The van der Waals surface area contributed by atoms with Crippen molar-refractivity contribution < 1.29 is 5.11 Å². The van der Waals surface area contributed by atoms with E-state index in [4.69, 9.17) is 4.98 Å². The Kier molecular flexibility index (Phi) is 3.90. The highest BCUT2D eigenvalue weighted by atomic mass is 16.3. The molecule has 28 heavy (non-hydrogen) atoms. The van der Waals surface area contributed by atoms with E-state index in [0.29, 0.717) is 19.0 Å². The third-order valence-corrected chi connectivity index (χ3v) is 6.72. The van der Waals surface area contributed by atoms with E-state index >= 15 is 0 Å². The highest BCUT2D eigenvalue weighted by Gasteiger charge is 2.40. The molecule has 2 aliphatic rings. The minimum absolute atomic E-state index is 0.478. The van der Waals surface area contributed by atoms with Crippen molar-refractivity contribution in [3.8, 4) is 0 Å². The molecule has 5 rings (SSSR count). The molecule has 4 heterocycles. The molecule has 2 atom stereocenters. The summed E-state index contributed by atoms with van der Waals surface area (Å²) in [5.41, 5.74) is 7.05. The van der Waals surface area contributed by atoms with Gasteiger partial charge in [0.05, 0.1) is 6.54 Å². The van der Waals surface area contributed by atoms with Gasteiger partial charge in [0.25, 0.3) is 0 Å². The average molecular weight is 377 g/mol. The van der Waals surface area contributed by atoms with Crippen molar-refractivity contribution in [2.45, 2.75) is 64.8 Å². The Balaban J connectivity index is 1.66. The molecule has 0 spiro atoms. The lowest BCUT2D eigenvalue weighted by Gasteiger charge is -2.32. The fourth-order valence-electron chi connectivity index (χ4n) is 4.98. The standard InChI is InChI=1S/C23H28N4O/c1-14-9-17-18-12-26(4)16(3)10-21(18)27(22(17)24-11-14)13-23(28)8-7-20-19(23)6-5-15(2)25-20/h5-6,9,11,16,28H,7-8,10,12-13H2,1-4H3. The number of likely N-dealkylation sites (N-methyl/N-ethyl adjacent to an activating group) is 1. The molecular formula is C23H28N4O. The molecule has 5 nitrogen and oxygen atoms in total. The van der Waals surface area contributed by atoms with Crippen LogP contribution in [0.5, 0.6) is 0 Å². The van der Waals surface area contributed by atoms with Crippen LogP contribution in [0.25, 0.3) is 11.0 Å². The van der Waals surface area contributed by atoms with Crippen LogP contribution in [0.4, 0.5) is 0 Å². The van der Waals surface area contributed by atoms with Crippen LogP contribution in [0.3, 0.4) is 0 Å². The number of aromatic nitrogens is 3. The first-order chi connectivity index (χ1) is 13.4. The van der Waals surface area contributed by atoms with Gasteiger partial charge in [-0.05, 0) is 63.9 Å². The summed E-state index contributed by atoms with van der Waals surface area (Å²) in [6.07, 6.45) is 4.47. The summed E-state index contributed by atoms with van der Waals surface area (Å²) in [4.78, 5) is 11.9. The van der Waals surface area contributed by atoms with Gasteiger partial charge in [-0.2, -0.15) is 0 Å². The predicted molar refractivity (Wildman–Crippen MR) is 110 cm³/mol. The lowest BCUT2D eigenvalue weighted by Crippen LogP contribution is -2.37. The van der Waals surface area contributed by atoms with Crippen molar-refractivity contribution >= 4 is 11.0 Å². The quantitative estimate of drug-likeness (QED) is 0.746. The van der Waals surface area contributed by atoms with E-state index in [-0.39, 0.29) is 0 Å². The van der Waals surface area contributed by atoms with Gasteiger partial charge in [-0.25, -0.2) is 4.98 Å². The fourth-order valence-corrected chi connectivity index (χ4v) is 4.98. The van der Waals surface area contributed by atoms with E-state index in [1.807, 2.05) is 19.2 Å². The van der Waals surface area contributed by atoms with Crippen LogP contribution in [0.2, 0.25) is 0 Å². The molecule has 3 aromatic rings. The zero-order valence-electron chi connectivity index (χ0n) is 17.2. The van der Waals surface area contributed by atoms with E-state index in [1.54, 1.807) is 0 Å². The number of aryl methyl sites for hydroxylation is 3. The predicted octanol–water partition coefficient (Wildman–Crippen LogP) is 3.26. The van der Waals surface area contributed by atoms with E-state index in [0.717, 1.165) is 42.0 Å². The van der Waals surface area contributed by atoms with Gasteiger partial charge in [0.1, 0.15) is 11.2 Å². The first-order valence-electron chi connectivity index (χ1n) is 10.2. The van der Waals surface area contributed by atoms with Gasteiger partial charge in [-0.3, -0.25) is 9.88 Å². The fraction of sp³-hybridized carbons (Fsp3) is 0.478. The topological polar surface area (TPSA) is 54.2 Å². The number of fused-ring (bicyclic) bond motifs is 4. The van der Waals surface area contributed by atoms with Crippen LogP contribution in [-0.4, -0.2) is 37.6 Å². The van der Waals surface area contributed by atoms with Crippen LogP contribution in [0.1, 0.15) is 47.1 Å². The molecule has 1 aliphatic heterocycles. The summed E-state index contributed by atoms with van der Waals surface area (Å²) < 4.78 is 2.29. The highest BCUT2D eigenvalue weighted by molar-refractivity contribution is 5.83. The van der Waals surface area contributed by atoms with Crippen LogP contribution < -0.4 is 0 Å². The summed E-state index contributed by atoms with van der Waals surface area (Å²) >= 11 is 0. The Hall–Kier alpha value is -2.24. The molecule has 5 heteroatoms. The molecule has 0 bridgehead atoms. The zero-order valence-corrected chi connectivity index (χ0v) is 17.2. The van der Waals surface area contributed by atoms with Gasteiger partial charge < -0.3 is 9.67 Å². The molecule has 0 saturated carbocycles. The Morgan fingerprint density at radius 3 is 2.93 bits per heavy atom. The summed E-state index contributed by atoms with van der Waals surface area (Å²) in [5.74, 6) is 0. The first kappa shape index (κ1) is 17.8. The number of hydrogen-bond acceptors (Lipinski definition) is 4. The van der Waals surface area contributed by atoms with Gasteiger partial charge in [0, 0.05) is 53.2 Å². The molecule has 2 unspecified atom stereocenters. The average Bonchev–Trinajstić information content (AvgIpc) is 3.11. The van der Waals surface area contributed by atoms with Crippen molar-refractivity contribution in [1.29, 1.82) is 0 Å². The summed E-state index contributed by atoms with van der Waals surface area (Å²) in [6.45, 7) is 7.86. The normalized spacial score (nSPS) is 24.5. The SMILES string of the molecule is Cc1cnc2c(c1)c1c(n2CC2(O)CCc3nc(C)ccc32)CC(C)N(C)C1. The maximum Gasteiger partial charge on any atom is 0.140 e. The molecule has 1 aliphatic carbocycles. The minimum Gasteiger partial charge on any atom is -0.383 e. The molecule has 0 radical (unpaired) electrons. The molecule has 0 fully saturated rings. The van der Waals surface area contributed by atoms with Gasteiger partial charge >= 0.3 is 0 Å². The van der Waals surface area contributed by atoms with E-state index in [2.05, 4.69) is 47.5 Å². The van der Waals surface area contributed by atoms with Crippen LogP contribution in [-0.2, 0) is 31.5 Å². The molecular weight excluding hydrogens is 348 g/mol. The second-order valence-corrected chi connectivity index (χ2v) is 8.84. The van der Waals surface area contributed by atoms with Gasteiger partial charge in [-0.1, -0.05) is 6.07 Å². The van der Waals surface area contributed by atoms with Gasteiger partial charge in [0.2, 0.25) is 0 Å². The lowest BCUT2D eigenvalue weighted by molar-refractivity contribution is 0.0202. The zero-order chi connectivity index (χ0) is 19.6. The van der Waals surface area contributed by atoms with E-state index < -0.39 is 5.60 Å². The van der Waals surface area contributed by atoms with Crippen molar-refractivity contribution in [3.05, 3.63) is 58.2 Å². The highest BCUT2D eigenvalue weighted by Crippen LogP contribution is 2.40.